The van der Waals surface area contributed by atoms with E-state index in [2.05, 4.69) is 0 Å². The van der Waals surface area contributed by atoms with Gasteiger partial charge in [-0.05, 0) is 12.5 Å². The Hall–Kier alpha value is -1.10. The number of hydrogen-bond donors (Lipinski definition) is 2. The minimum absolute atomic E-state index is 0.0363. The number of hydrogen-bond acceptors (Lipinski definition) is 4. The van der Waals surface area contributed by atoms with Crippen LogP contribution in [0.1, 0.15) is 24.9 Å². The van der Waals surface area contributed by atoms with Gasteiger partial charge in [0.15, 0.2) is 0 Å². The standard InChI is InChI=1S/C13H21NO3/c1-3-12(14)11-6-4-5-7-13(11)17-9-10(15)8-16-2/h4-7,10,12,15H,3,8-9,14H2,1-2H3. The lowest BCUT2D eigenvalue weighted by atomic mass is 10.0. The van der Waals surface area contributed by atoms with Crippen molar-refractivity contribution in [3.63, 3.8) is 0 Å². The maximum Gasteiger partial charge on any atom is 0.124 e. The van der Waals surface area contributed by atoms with Gasteiger partial charge in [-0.1, -0.05) is 25.1 Å². The molecular formula is C13H21NO3. The number of para-hydroxylation sites is 1. The molecule has 3 N–H and O–H groups in total. The van der Waals surface area contributed by atoms with Crippen LogP contribution in [0, 0.1) is 0 Å². The van der Waals surface area contributed by atoms with Crippen LogP contribution < -0.4 is 10.5 Å². The van der Waals surface area contributed by atoms with Crippen molar-refractivity contribution in [2.75, 3.05) is 20.3 Å². The first-order valence-corrected chi connectivity index (χ1v) is 5.83. The van der Waals surface area contributed by atoms with Crippen LogP contribution in [0.25, 0.3) is 0 Å². The summed E-state index contributed by atoms with van der Waals surface area (Å²) >= 11 is 0. The van der Waals surface area contributed by atoms with Crippen LogP contribution in [-0.2, 0) is 4.74 Å². The zero-order valence-corrected chi connectivity index (χ0v) is 10.4. The molecule has 0 radical (unpaired) electrons. The molecule has 0 aliphatic heterocycles. The maximum atomic E-state index is 9.52. The second-order valence-electron chi connectivity index (χ2n) is 3.97. The molecule has 1 rings (SSSR count). The highest BCUT2D eigenvalue weighted by atomic mass is 16.5. The third kappa shape index (κ3) is 4.34. The van der Waals surface area contributed by atoms with E-state index in [-0.39, 0.29) is 19.3 Å². The molecule has 0 amide bonds. The van der Waals surface area contributed by atoms with Crippen molar-refractivity contribution >= 4 is 0 Å². The minimum Gasteiger partial charge on any atom is -0.490 e. The topological polar surface area (TPSA) is 64.7 Å². The van der Waals surface area contributed by atoms with Crippen molar-refractivity contribution in [2.24, 2.45) is 5.73 Å². The summed E-state index contributed by atoms with van der Waals surface area (Å²) in [6.45, 7) is 2.50. The second-order valence-corrected chi connectivity index (χ2v) is 3.97. The molecule has 0 fully saturated rings. The fourth-order valence-corrected chi connectivity index (χ4v) is 1.56. The van der Waals surface area contributed by atoms with E-state index < -0.39 is 6.10 Å². The summed E-state index contributed by atoms with van der Waals surface area (Å²) in [5.74, 6) is 0.733. The number of rotatable bonds is 7. The highest BCUT2D eigenvalue weighted by Gasteiger charge is 2.11. The van der Waals surface area contributed by atoms with Gasteiger partial charge in [0.25, 0.3) is 0 Å². The van der Waals surface area contributed by atoms with E-state index >= 15 is 0 Å². The van der Waals surface area contributed by atoms with Gasteiger partial charge >= 0.3 is 0 Å². The van der Waals surface area contributed by atoms with E-state index in [1.54, 1.807) is 7.11 Å². The molecule has 4 heteroatoms. The van der Waals surface area contributed by atoms with Gasteiger partial charge in [-0.3, -0.25) is 0 Å². The van der Waals surface area contributed by atoms with Crippen molar-refractivity contribution < 1.29 is 14.6 Å². The van der Waals surface area contributed by atoms with Crippen molar-refractivity contribution in [3.05, 3.63) is 29.8 Å². The fourth-order valence-electron chi connectivity index (χ4n) is 1.56. The SMILES string of the molecule is CCC(N)c1ccccc1OCC(O)COC. The minimum atomic E-state index is -0.620. The first-order valence-electron chi connectivity index (χ1n) is 5.83. The van der Waals surface area contributed by atoms with Gasteiger partial charge < -0.3 is 20.3 Å². The van der Waals surface area contributed by atoms with Gasteiger partial charge in [-0.2, -0.15) is 0 Å². The molecule has 0 heterocycles. The zero-order valence-electron chi connectivity index (χ0n) is 10.4. The van der Waals surface area contributed by atoms with Gasteiger partial charge in [-0.25, -0.2) is 0 Å². The molecule has 0 bridgehead atoms. The van der Waals surface area contributed by atoms with Crippen LogP contribution in [-0.4, -0.2) is 31.5 Å². The van der Waals surface area contributed by atoms with Gasteiger partial charge in [0, 0.05) is 18.7 Å². The van der Waals surface area contributed by atoms with Crippen molar-refractivity contribution in [3.8, 4) is 5.75 Å². The molecule has 0 aromatic heterocycles. The molecule has 2 unspecified atom stereocenters. The molecule has 4 nitrogen and oxygen atoms in total. The first kappa shape index (κ1) is 14.0. The van der Waals surface area contributed by atoms with E-state index in [9.17, 15) is 5.11 Å². The number of aliphatic hydroxyl groups excluding tert-OH is 1. The Bertz CT molecular complexity index is 330. The fraction of sp³-hybridized carbons (Fsp3) is 0.538. The van der Waals surface area contributed by atoms with Crippen molar-refractivity contribution in [1.82, 2.24) is 0 Å². The number of aliphatic hydroxyl groups is 1. The highest BCUT2D eigenvalue weighted by Crippen LogP contribution is 2.25. The van der Waals surface area contributed by atoms with Crippen LogP contribution in [0.4, 0.5) is 0 Å². The molecular weight excluding hydrogens is 218 g/mol. The van der Waals surface area contributed by atoms with E-state index in [1.807, 2.05) is 31.2 Å². The van der Waals surface area contributed by atoms with E-state index in [4.69, 9.17) is 15.2 Å². The molecule has 0 aliphatic carbocycles. The monoisotopic (exact) mass is 239 g/mol. The molecule has 0 saturated carbocycles. The summed E-state index contributed by atoms with van der Waals surface area (Å²) in [6.07, 6.45) is 0.229. The predicted octanol–water partition coefficient (Wildman–Crippen LogP) is 1.48. The largest absolute Gasteiger partial charge is 0.490 e. The average molecular weight is 239 g/mol. The summed E-state index contributed by atoms with van der Waals surface area (Å²) in [7, 11) is 1.55. The molecule has 2 atom stereocenters. The smallest absolute Gasteiger partial charge is 0.124 e. The maximum absolute atomic E-state index is 9.52. The molecule has 0 aliphatic rings. The Morgan fingerprint density at radius 2 is 2.00 bits per heavy atom. The van der Waals surface area contributed by atoms with Crippen LogP contribution in [0.5, 0.6) is 5.75 Å². The van der Waals surface area contributed by atoms with Gasteiger partial charge in [0.2, 0.25) is 0 Å². The molecule has 0 spiro atoms. The summed E-state index contributed by atoms with van der Waals surface area (Å²) in [5, 5.41) is 9.52. The van der Waals surface area contributed by atoms with Crippen molar-refractivity contribution in [2.45, 2.75) is 25.5 Å². The number of benzene rings is 1. The lowest BCUT2D eigenvalue weighted by Crippen LogP contribution is -2.23. The summed E-state index contributed by atoms with van der Waals surface area (Å²) in [4.78, 5) is 0. The highest BCUT2D eigenvalue weighted by molar-refractivity contribution is 5.35. The lowest BCUT2D eigenvalue weighted by Gasteiger charge is -2.17. The Morgan fingerprint density at radius 1 is 1.29 bits per heavy atom. The Balaban J connectivity index is 2.63. The second kappa shape index (κ2) is 7.27. The molecule has 1 aromatic carbocycles. The molecule has 1 aromatic rings. The summed E-state index contributed by atoms with van der Waals surface area (Å²) in [5.41, 5.74) is 6.96. The number of nitrogens with two attached hydrogens (primary N) is 1. The normalized spacial score (nSPS) is 14.4. The van der Waals surface area contributed by atoms with E-state index in [0.717, 1.165) is 17.7 Å². The Morgan fingerprint density at radius 3 is 2.65 bits per heavy atom. The van der Waals surface area contributed by atoms with Crippen LogP contribution in [0.15, 0.2) is 24.3 Å². The first-order chi connectivity index (χ1) is 8.19. The van der Waals surface area contributed by atoms with Crippen molar-refractivity contribution in [1.29, 1.82) is 0 Å². The summed E-state index contributed by atoms with van der Waals surface area (Å²) < 4.78 is 10.4. The zero-order chi connectivity index (χ0) is 12.7. The third-order valence-electron chi connectivity index (χ3n) is 2.55. The lowest BCUT2D eigenvalue weighted by molar-refractivity contribution is 0.0322. The predicted molar refractivity (Wildman–Crippen MR) is 67.0 cm³/mol. The molecule has 96 valence electrons. The van der Waals surface area contributed by atoms with Gasteiger partial charge in [0.05, 0.1) is 6.61 Å². The summed E-state index contributed by atoms with van der Waals surface area (Å²) in [6, 6.07) is 7.61. The quantitative estimate of drug-likeness (QED) is 0.756. The van der Waals surface area contributed by atoms with E-state index in [0.29, 0.717) is 0 Å². The Kier molecular flexibility index (Phi) is 5.97. The Labute approximate surface area is 102 Å². The number of methoxy groups -OCH3 is 1. The molecule has 17 heavy (non-hydrogen) atoms. The third-order valence-corrected chi connectivity index (χ3v) is 2.55. The van der Waals surface area contributed by atoms with Crippen LogP contribution in [0.3, 0.4) is 0 Å². The van der Waals surface area contributed by atoms with Gasteiger partial charge in [0.1, 0.15) is 18.5 Å². The van der Waals surface area contributed by atoms with E-state index in [1.165, 1.54) is 0 Å². The number of ether oxygens (including phenoxy) is 2. The average Bonchev–Trinajstić information content (AvgIpc) is 2.36. The van der Waals surface area contributed by atoms with Gasteiger partial charge in [-0.15, -0.1) is 0 Å². The van der Waals surface area contributed by atoms with Crippen LogP contribution in [0.2, 0.25) is 0 Å². The molecule has 0 saturated heterocycles. The van der Waals surface area contributed by atoms with Crippen LogP contribution >= 0.6 is 0 Å².